The number of amidine groups is 1. The molecule has 10 heteroatoms. The molecule has 39 heavy (non-hydrogen) atoms. The Kier molecular flexibility index (Phi) is 9.51. The topological polar surface area (TPSA) is 133 Å². The van der Waals surface area contributed by atoms with Crippen LogP contribution in [0.25, 0.3) is 0 Å². The average Bonchev–Trinajstić information content (AvgIpc) is 3.20. The number of benzene rings is 2. The molecular formula is C29H34FN3O6. The third-order valence-electron chi connectivity index (χ3n) is 6.40. The second-order valence-corrected chi connectivity index (χ2v) is 9.69. The van der Waals surface area contributed by atoms with E-state index in [1.807, 2.05) is 0 Å². The number of carboxylic acids is 1. The van der Waals surface area contributed by atoms with Crippen molar-refractivity contribution in [2.24, 2.45) is 0 Å². The average molecular weight is 540 g/mol. The molecule has 2 N–H and O–H groups in total. The fraction of sp³-hybridized carbons (Fsp3) is 0.448. The van der Waals surface area contributed by atoms with Crippen molar-refractivity contribution in [3.05, 3.63) is 52.3 Å². The highest BCUT2D eigenvalue weighted by Crippen LogP contribution is 2.39. The number of halogens is 1. The minimum absolute atomic E-state index is 0.0436. The van der Waals surface area contributed by atoms with Gasteiger partial charge >= 0.3 is 5.97 Å². The first-order valence-corrected chi connectivity index (χ1v) is 12.9. The molecule has 2 aromatic rings. The largest absolute Gasteiger partial charge is 0.493 e. The van der Waals surface area contributed by atoms with Crippen molar-refractivity contribution < 1.29 is 33.3 Å². The van der Waals surface area contributed by atoms with Gasteiger partial charge in [-0.25, -0.2) is 4.39 Å². The van der Waals surface area contributed by atoms with Gasteiger partial charge in [-0.3, -0.25) is 15.0 Å². The molecule has 1 aliphatic rings. The van der Waals surface area contributed by atoms with Gasteiger partial charge in [0.25, 0.3) is 0 Å². The Bertz CT molecular complexity index is 1300. The van der Waals surface area contributed by atoms with Crippen LogP contribution in [0, 0.1) is 22.6 Å². The first kappa shape index (κ1) is 29.4. The molecule has 0 spiro atoms. The van der Waals surface area contributed by atoms with Crippen LogP contribution in [-0.2, 0) is 16.8 Å². The summed E-state index contributed by atoms with van der Waals surface area (Å²) < 4.78 is 32.2. The number of Topliss-reactive ketones (excluding diaryl/α,β-unsaturated/α-hetero) is 1. The van der Waals surface area contributed by atoms with Crippen molar-refractivity contribution in [3.8, 4) is 23.3 Å². The van der Waals surface area contributed by atoms with Crippen molar-refractivity contribution >= 4 is 17.6 Å². The number of carbonyl (C=O) groups is 2. The number of fused-ring (bicyclic) bond motifs is 1. The monoisotopic (exact) mass is 539 g/mol. The van der Waals surface area contributed by atoms with Crippen molar-refractivity contribution in [2.45, 2.75) is 58.9 Å². The number of hydrogen-bond donors (Lipinski definition) is 2. The minimum Gasteiger partial charge on any atom is -0.493 e. The summed E-state index contributed by atoms with van der Waals surface area (Å²) in [5.74, 6) is -1.30. The summed E-state index contributed by atoms with van der Waals surface area (Å²) in [6, 6.07) is 8.73. The second kappa shape index (κ2) is 12.6. The van der Waals surface area contributed by atoms with Crippen molar-refractivity contribution in [3.63, 3.8) is 0 Å². The van der Waals surface area contributed by atoms with Crippen molar-refractivity contribution in [2.75, 3.05) is 26.4 Å². The predicted molar refractivity (Wildman–Crippen MR) is 142 cm³/mol. The summed E-state index contributed by atoms with van der Waals surface area (Å²) in [6.07, 6.45) is 1.04. The number of rotatable bonds is 14. The van der Waals surface area contributed by atoms with E-state index in [2.05, 4.69) is 6.07 Å². The SMILES string of the molecule is CCOc1cc2c(c(F)c1OCC)C(=N)N(CC(=O)c1ccc(OCCCCC(=O)O)c(C(C)(C)C#N)c1)C2. The highest BCUT2D eigenvalue weighted by molar-refractivity contribution is 6.06. The third-order valence-corrected chi connectivity index (χ3v) is 6.40. The number of carbonyl (C=O) groups excluding carboxylic acids is 1. The lowest BCUT2D eigenvalue weighted by atomic mass is 9.84. The molecule has 0 radical (unpaired) electrons. The molecule has 208 valence electrons. The van der Waals surface area contributed by atoms with E-state index in [1.54, 1.807) is 52.0 Å². The molecule has 0 unspecified atom stereocenters. The molecule has 1 heterocycles. The Balaban J connectivity index is 1.81. The zero-order chi connectivity index (χ0) is 28.7. The minimum atomic E-state index is -0.961. The lowest BCUT2D eigenvalue weighted by Crippen LogP contribution is -2.30. The van der Waals surface area contributed by atoms with E-state index in [9.17, 15) is 14.9 Å². The van der Waals surface area contributed by atoms with Crippen LogP contribution < -0.4 is 14.2 Å². The van der Waals surface area contributed by atoms with Crippen LogP contribution in [-0.4, -0.2) is 54.0 Å². The van der Waals surface area contributed by atoms with E-state index >= 15 is 4.39 Å². The lowest BCUT2D eigenvalue weighted by Gasteiger charge is -2.22. The fourth-order valence-electron chi connectivity index (χ4n) is 4.36. The van der Waals surface area contributed by atoms with Gasteiger partial charge in [0.05, 0.1) is 43.4 Å². The van der Waals surface area contributed by atoms with E-state index in [1.165, 1.54) is 4.90 Å². The first-order valence-electron chi connectivity index (χ1n) is 12.9. The molecule has 0 amide bonds. The van der Waals surface area contributed by atoms with Gasteiger partial charge in [-0.1, -0.05) is 0 Å². The number of aliphatic carboxylic acids is 1. The molecule has 9 nitrogen and oxygen atoms in total. The summed E-state index contributed by atoms with van der Waals surface area (Å²) >= 11 is 0. The molecule has 2 aromatic carbocycles. The van der Waals surface area contributed by atoms with Gasteiger partial charge < -0.3 is 24.2 Å². The zero-order valence-electron chi connectivity index (χ0n) is 22.7. The van der Waals surface area contributed by atoms with Gasteiger partial charge in [0, 0.05) is 24.1 Å². The number of unbranched alkanes of at least 4 members (excludes halogenated alkanes) is 1. The Morgan fingerprint density at radius 1 is 1.13 bits per heavy atom. The second-order valence-electron chi connectivity index (χ2n) is 9.69. The van der Waals surface area contributed by atoms with E-state index in [4.69, 9.17) is 24.7 Å². The quantitative estimate of drug-likeness (QED) is 0.251. The van der Waals surface area contributed by atoms with Crippen LogP contribution in [0.15, 0.2) is 24.3 Å². The molecule has 0 saturated carbocycles. The van der Waals surface area contributed by atoms with Gasteiger partial charge in [-0.2, -0.15) is 5.26 Å². The van der Waals surface area contributed by atoms with Crippen LogP contribution in [0.2, 0.25) is 0 Å². The van der Waals surface area contributed by atoms with E-state index < -0.39 is 17.2 Å². The molecule has 0 saturated heterocycles. The van der Waals surface area contributed by atoms with Crippen molar-refractivity contribution in [1.82, 2.24) is 4.90 Å². The summed E-state index contributed by atoms with van der Waals surface area (Å²) in [5, 5.41) is 27.1. The highest BCUT2D eigenvalue weighted by atomic mass is 19.1. The molecule has 1 aliphatic heterocycles. The highest BCUT2D eigenvalue weighted by Gasteiger charge is 2.33. The lowest BCUT2D eigenvalue weighted by molar-refractivity contribution is -0.137. The van der Waals surface area contributed by atoms with E-state index in [-0.39, 0.29) is 61.4 Å². The third kappa shape index (κ3) is 6.66. The van der Waals surface area contributed by atoms with Crippen LogP contribution in [0.4, 0.5) is 4.39 Å². The molecule has 3 rings (SSSR count). The Morgan fingerprint density at radius 3 is 2.49 bits per heavy atom. The maximum atomic E-state index is 15.4. The number of nitriles is 1. The van der Waals surface area contributed by atoms with Gasteiger partial charge in [0.15, 0.2) is 23.1 Å². The molecule has 0 atom stereocenters. The Labute approximate surface area is 227 Å². The Morgan fingerprint density at radius 2 is 1.85 bits per heavy atom. The molecular weight excluding hydrogens is 505 g/mol. The van der Waals surface area contributed by atoms with E-state index in [0.717, 1.165) is 0 Å². The first-order chi connectivity index (χ1) is 18.5. The fourth-order valence-corrected chi connectivity index (χ4v) is 4.36. The number of hydrogen-bond acceptors (Lipinski definition) is 7. The number of nitrogens with zero attached hydrogens (tertiary/aromatic N) is 2. The Hall–Kier alpha value is -4.13. The number of nitrogens with one attached hydrogen (secondary N) is 1. The maximum absolute atomic E-state index is 15.4. The van der Waals surface area contributed by atoms with Crippen LogP contribution in [0.3, 0.4) is 0 Å². The zero-order valence-corrected chi connectivity index (χ0v) is 22.7. The van der Waals surface area contributed by atoms with Gasteiger partial charge in [0.2, 0.25) is 0 Å². The van der Waals surface area contributed by atoms with Gasteiger partial charge in [-0.15, -0.1) is 0 Å². The maximum Gasteiger partial charge on any atom is 0.303 e. The summed E-state index contributed by atoms with van der Waals surface area (Å²) in [5.41, 5.74) is 0.531. The summed E-state index contributed by atoms with van der Waals surface area (Å²) in [6.45, 7) is 7.78. The molecule has 0 aromatic heterocycles. The van der Waals surface area contributed by atoms with Crippen LogP contribution >= 0.6 is 0 Å². The smallest absolute Gasteiger partial charge is 0.303 e. The normalized spacial score (nSPS) is 12.6. The van der Waals surface area contributed by atoms with Gasteiger partial charge in [-0.05, 0) is 70.4 Å². The number of carboxylic acid groups (broad SMARTS) is 1. The number of ketones is 1. The molecule has 0 fully saturated rings. The summed E-state index contributed by atoms with van der Waals surface area (Å²) in [7, 11) is 0. The van der Waals surface area contributed by atoms with E-state index in [0.29, 0.717) is 41.9 Å². The number of ether oxygens (including phenoxy) is 3. The van der Waals surface area contributed by atoms with Crippen LogP contribution in [0.5, 0.6) is 17.2 Å². The van der Waals surface area contributed by atoms with Crippen molar-refractivity contribution in [1.29, 1.82) is 10.7 Å². The van der Waals surface area contributed by atoms with Gasteiger partial charge in [0.1, 0.15) is 11.6 Å². The standard InChI is InChI=1S/C29H34FN3O6/c1-5-37-23-14-19-15-33(28(32)25(19)26(30)27(23)38-6-2)16-21(34)18-10-11-22(20(13-18)29(3,4)17-31)39-12-8-7-9-24(35)36/h10-11,13-14,32H,5-9,12,15-16H2,1-4H3,(H,35,36). The molecule has 0 bridgehead atoms. The molecule has 0 aliphatic carbocycles. The summed E-state index contributed by atoms with van der Waals surface area (Å²) in [4.78, 5) is 25.5. The predicted octanol–water partition coefficient (Wildman–Crippen LogP) is 5.08. The van der Waals surface area contributed by atoms with Crippen LogP contribution in [0.1, 0.15) is 74.0 Å².